The molecule has 0 aliphatic rings. The molecule has 0 spiro atoms. The Bertz CT molecular complexity index is 561. The molecule has 0 saturated heterocycles. The third kappa shape index (κ3) is 3.12. The molecule has 0 aromatic carbocycles. The van der Waals surface area contributed by atoms with E-state index in [0.29, 0.717) is 24.3 Å². The van der Waals surface area contributed by atoms with Crippen molar-refractivity contribution < 1.29 is 18.5 Å². The van der Waals surface area contributed by atoms with E-state index in [9.17, 15) is 4.79 Å². The number of carbonyl (C=O) groups is 1. The molecule has 0 atom stereocenters. The Balaban J connectivity index is 2.01. The summed E-state index contributed by atoms with van der Waals surface area (Å²) in [5, 5.41) is 3.73. The lowest BCUT2D eigenvalue weighted by Gasteiger charge is -2.12. The molecule has 0 fully saturated rings. The van der Waals surface area contributed by atoms with Crippen molar-refractivity contribution in [2.45, 2.75) is 20.4 Å². The molecular formula is C12H15N3O4. The monoisotopic (exact) mass is 265 g/mol. The van der Waals surface area contributed by atoms with E-state index in [0.717, 1.165) is 0 Å². The van der Waals surface area contributed by atoms with Crippen LogP contribution in [-0.2, 0) is 6.54 Å². The van der Waals surface area contributed by atoms with Crippen molar-refractivity contribution in [1.82, 2.24) is 15.0 Å². The van der Waals surface area contributed by atoms with Gasteiger partial charge in [-0.15, -0.1) is 0 Å². The maximum absolute atomic E-state index is 12.1. The average Bonchev–Trinajstić information content (AvgIpc) is 2.98. The molecule has 2 heterocycles. The van der Waals surface area contributed by atoms with Crippen molar-refractivity contribution in [3.63, 3.8) is 0 Å². The average molecular weight is 265 g/mol. The number of nitrogens with zero attached hydrogens (tertiary/aromatic N) is 3. The number of aryl methyl sites for hydroxylation is 1. The summed E-state index contributed by atoms with van der Waals surface area (Å²) < 4.78 is 15.3. The van der Waals surface area contributed by atoms with Crippen LogP contribution in [0.25, 0.3) is 0 Å². The molecule has 0 radical (unpaired) electrons. The molecule has 0 aliphatic carbocycles. The molecule has 0 unspecified atom stereocenters. The van der Waals surface area contributed by atoms with Gasteiger partial charge in [-0.25, -0.2) is 0 Å². The molecule has 7 heteroatoms. The lowest BCUT2D eigenvalue weighted by molar-refractivity contribution is 0.0741. The van der Waals surface area contributed by atoms with E-state index >= 15 is 0 Å². The van der Waals surface area contributed by atoms with Crippen molar-refractivity contribution in [3.05, 3.63) is 29.6 Å². The highest BCUT2D eigenvalue weighted by Gasteiger charge is 2.18. The molecule has 0 bridgehead atoms. The van der Waals surface area contributed by atoms with E-state index in [1.54, 1.807) is 26.1 Å². The van der Waals surface area contributed by atoms with Gasteiger partial charge in [0.15, 0.2) is 11.6 Å². The summed E-state index contributed by atoms with van der Waals surface area (Å²) in [7, 11) is 1.64. The van der Waals surface area contributed by atoms with Crippen molar-refractivity contribution in [2.24, 2.45) is 0 Å². The minimum atomic E-state index is -0.270. The van der Waals surface area contributed by atoms with Crippen LogP contribution in [0.1, 0.15) is 29.2 Å². The first-order valence-corrected chi connectivity index (χ1v) is 5.87. The van der Waals surface area contributed by atoms with Crippen molar-refractivity contribution >= 4 is 5.91 Å². The van der Waals surface area contributed by atoms with E-state index < -0.39 is 0 Å². The number of rotatable bonds is 5. The van der Waals surface area contributed by atoms with Gasteiger partial charge >= 0.3 is 0 Å². The van der Waals surface area contributed by atoms with Crippen LogP contribution >= 0.6 is 0 Å². The van der Waals surface area contributed by atoms with E-state index in [4.69, 9.17) is 13.7 Å². The first-order chi connectivity index (χ1) is 9.10. The summed E-state index contributed by atoms with van der Waals surface area (Å²) in [6.45, 7) is 4.27. The van der Waals surface area contributed by atoms with Crippen LogP contribution in [0.2, 0.25) is 0 Å². The van der Waals surface area contributed by atoms with Crippen LogP contribution in [0.3, 0.4) is 0 Å². The van der Waals surface area contributed by atoms with Crippen LogP contribution in [0.5, 0.6) is 5.95 Å². The maximum Gasteiger partial charge on any atom is 0.289 e. The van der Waals surface area contributed by atoms with Gasteiger partial charge in [-0.1, -0.05) is 5.16 Å². The summed E-state index contributed by atoms with van der Waals surface area (Å²) in [5.74, 6) is 1.19. The Morgan fingerprint density at radius 2 is 2.26 bits per heavy atom. The zero-order valence-corrected chi connectivity index (χ0v) is 11.0. The third-order valence-corrected chi connectivity index (χ3v) is 2.37. The summed E-state index contributed by atoms with van der Waals surface area (Å²) in [6, 6.07) is 3.19. The van der Waals surface area contributed by atoms with Crippen molar-refractivity contribution in [3.8, 4) is 5.95 Å². The fourth-order valence-corrected chi connectivity index (χ4v) is 1.53. The van der Waals surface area contributed by atoms with Gasteiger partial charge in [0.05, 0.1) is 13.2 Å². The molecule has 7 nitrogen and oxygen atoms in total. The highest BCUT2D eigenvalue weighted by atomic mass is 16.6. The smallest absolute Gasteiger partial charge is 0.289 e. The van der Waals surface area contributed by atoms with Crippen LogP contribution in [0, 0.1) is 6.92 Å². The number of furan rings is 1. The van der Waals surface area contributed by atoms with Gasteiger partial charge in [-0.3, -0.25) is 4.79 Å². The number of ether oxygens (including phenoxy) is 1. The molecule has 102 valence electrons. The molecule has 0 saturated carbocycles. The topological polar surface area (TPSA) is 81.6 Å². The summed E-state index contributed by atoms with van der Waals surface area (Å²) in [6.07, 6.45) is 0. The lowest BCUT2D eigenvalue weighted by Crippen LogP contribution is -2.26. The van der Waals surface area contributed by atoms with Crippen molar-refractivity contribution in [2.75, 3.05) is 13.7 Å². The normalized spacial score (nSPS) is 10.5. The number of carbonyl (C=O) groups excluding carboxylic acids is 1. The highest BCUT2D eigenvalue weighted by Crippen LogP contribution is 2.17. The highest BCUT2D eigenvalue weighted by molar-refractivity contribution is 5.91. The molecule has 2 aromatic rings. The van der Waals surface area contributed by atoms with E-state index in [1.165, 1.54) is 4.90 Å². The number of hydrogen-bond acceptors (Lipinski definition) is 6. The van der Waals surface area contributed by atoms with E-state index in [1.807, 2.05) is 6.92 Å². The Morgan fingerprint density at radius 1 is 1.47 bits per heavy atom. The minimum Gasteiger partial charge on any atom is -0.465 e. The second kappa shape index (κ2) is 5.55. The summed E-state index contributed by atoms with van der Waals surface area (Å²) in [4.78, 5) is 17.5. The first-order valence-electron chi connectivity index (χ1n) is 5.87. The second-order valence-corrected chi connectivity index (χ2v) is 3.94. The first kappa shape index (κ1) is 13.1. The van der Waals surface area contributed by atoms with E-state index in [2.05, 4.69) is 10.1 Å². The lowest BCUT2D eigenvalue weighted by atomic mass is 10.4. The fraction of sp³-hybridized carbons (Fsp3) is 0.417. The van der Waals surface area contributed by atoms with Gasteiger partial charge in [-0.2, -0.15) is 4.98 Å². The molecule has 1 amide bonds. The second-order valence-electron chi connectivity index (χ2n) is 3.94. The van der Waals surface area contributed by atoms with Crippen LogP contribution in [0.15, 0.2) is 21.1 Å². The molecular weight excluding hydrogens is 250 g/mol. The van der Waals surface area contributed by atoms with Gasteiger partial charge < -0.3 is 18.6 Å². The molecule has 0 N–H and O–H groups in total. The minimum absolute atomic E-state index is 0.214. The molecule has 2 rings (SSSR count). The van der Waals surface area contributed by atoms with Crippen molar-refractivity contribution in [1.29, 1.82) is 0 Å². The van der Waals surface area contributed by atoms with Gasteiger partial charge in [0.25, 0.3) is 11.9 Å². The maximum atomic E-state index is 12.1. The third-order valence-electron chi connectivity index (χ3n) is 2.37. The SMILES string of the molecule is CCOc1ccc(C(=O)N(C)Cc2noc(C)n2)o1. The Morgan fingerprint density at radius 3 is 2.89 bits per heavy atom. The van der Waals surface area contributed by atoms with Crippen LogP contribution < -0.4 is 4.74 Å². The molecule has 0 aliphatic heterocycles. The van der Waals surface area contributed by atoms with Crippen LogP contribution in [0.4, 0.5) is 0 Å². The largest absolute Gasteiger partial charge is 0.465 e. The zero-order valence-electron chi connectivity index (χ0n) is 11.0. The summed E-state index contributed by atoms with van der Waals surface area (Å²) in [5.41, 5.74) is 0. The Labute approximate surface area is 110 Å². The summed E-state index contributed by atoms with van der Waals surface area (Å²) >= 11 is 0. The van der Waals surface area contributed by atoms with Gasteiger partial charge in [-0.05, 0) is 13.0 Å². The predicted molar refractivity (Wildman–Crippen MR) is 64.7 cm³/mol. The van der Waals surface area contributed by atoms with Crippen LogP contribution in [-0.4, -0.2) is 34.6 Å². The standard InChI is InChI=1S/C12H15N3O4/c1-4-17-11-6-5-9(18-11)12(16)15(3)7-10-13-8(2)19-14-10/h5-6H,4,7H2,1-3H3. The van der Waals surface area contributed by atoms with Gasteiger partial charge in [0.1, 0.15) is 0 Å². The number of amides is 1. The molecule has 19 heavy (non-hydrogen) atoms. The number of aromatic nitrogens is 2. The number of hydrogen-bond donors (Lipinski definition) is 0. The Kier molecular flexibility index (Phi) is 3.84. The molecule has 2 aromatic heterocycles. The Hall–Kier alpha value is -2.31. The van der Waals surface area contributed by atoms with Gasteiger partial charge in [0, 0.05) is 20.0 Å². The van der Waals surface area contributed by atoms with Gasteiger partial charge in [0.2, 0.25) is 5.89 Å². The fourth-order valence-electron chi connectivity index (χ4n) is 1.53. The zero-order chi connectivity index (χ0) is 13.8. The quantitative estimate of drug-likeness (QED) is 0.817. The van der Waals surface area contributed by atoms with E-state index in [-0.39, 0.29) is 18.2 Å². The predicted octanol–water partition coefficient (Wildman–Crippen LogP) is 1.64.